The van der Waals surface area contributed by atoms with E-state index in [4.69, 9.17) is 11.6 Å². The van der Waals surface area contributed by atoms with E-state index in [9.17, 15) is 14.4 Å². The smallest absolute Gasteiger partial charge is 0.321 e. The van der Waals surface area contributed by atoms with Crippen molar-refractivity contribution < 1.29 is 9.59 Å². The standard InChI is InChI=1S/C22H22ClN5O3/c23-17-6-3-7-18(13-17)25-22(31)27-10-4-9-26(11-12-27)20(29)15-28-21(30)19-8-2-1-5-16(19)14-24-28/h1-3,5-8,13-14H,4,9-12,15H2,(H,25,31). The minimum Gasteiger partial charge on any atom is -0.339 e. The molecule has 0 saturated carbocycles. The molecule has 31 heavy (non-hydrogen) atoms. The fraction of sp³-hybridized carbons (Fsp3) is 0.273. The Morgan fingerprint density at radius 1 is 1.00 bits per heavy atom. The van der Waals surface area contributed by atoms with Gasteiger partial charge in [0.05, 0.1) is 11.6 Å². The first-order valence-electron chi connectivity index (χ1n) is 10.1. The molecule has 0 atom stereocenters. The van der Waals surface area contributed by atoms with Crippen LogP contribution in [0.2, 0.25) is 5.02 Å². The largest absolute Gasteiger partial charge is 0.339 e. The summed E-state index contributed by atoms with van der Waals surface area (Å²) in [5.41, 5.74) is 0.334. The molecule has 1 aliphatic heterocycles. The molecule has 2 aromatic carbocycles. The maximum absolute atomic E-state index is 12.8. The lowest BCUT2D eigenvalue weighted by atomic mass is 10.2. The van der Waals surface area contributed by atoms with E-state index < -0.39 is 0 Å². The quantitative estimate of drug-likeness (QED) is 0.679. The van der Waals surface area contributed by atoms with E-state index in [-0.39, 0.29) is 24.0 Å². The Balaban J connectivity index is 1.38. The highest BCUT2D eigenvalue weighted by atomic mass is 35.5. The molecule has 0 bridgehead atoms. The monoisotopic (exact) mass is 439 g/mol. The van der Waals surface area contributed by atoms with Crippen LogP contribution in [0, 0.1) is 0 Å². The lowest BCUT2D eigenvalue weighted by molar-refractivity contribution is -0.132. The van der Waals surface area contributed by atoms with Crippen molar-refractivity contribution in [3.63, 3.8) is 0 Å². The molecule has 8 nitrogen and oxygen atoms in total. The highest BCUT2D eigenvalue weighted by Crippen LogP contribution is 2.16. The van der Waals surface area contributed by atoms with E-state index in [1.807, 2.05) is 12.1 Å². The van der Waals surface area contributed by atoms with Crippen molar-refractivity contribution in [2.24, 2.45) is 0 Å². The number of fused-ring (bicyclic) bond motifs is 1. The number of halogens is 1. The molecule has 3 amide bonds. The first kappa shape index (κ1) is 20.9. The van der Waals surface area contributed by atoms with Gasteiger partial charge in [-0.1, -0.05) is 35.9 Å². The summed E-state index contributed by atoms with van der Waals surface area (Å²) >= 11 is 5.97. The van der Waals surface area contributed by atoms with Crippen molar-refractivity contribution in [3.05, 3.63) is 70.1 Å². The van der Waals surface area contributed by atoms with Crippen molar-refractivity contribution in [1.82, 2.24) is 19.6 Å². The summed E-state index contributed by atoms with van der Waals surface area (Å²) in [7, 11) is 0. The molecule has 2 heterocycles. The Labute approximate surface area is 184 Å². The zero-order valence-electron chi connectivity index (χ0n) is 16.8. The van der Waals surface area contributed by atoms with Crippen molar-refractivity contribution in [2.45, 2.75) is 13.0 Å². The molecule has 4 rings (SSSR count). The van der Waals surface area contributed by atoms with Crippen LogP contribution in [0.25, 0.3) is 10.8 Å². The van der Waals surface area contributed by atoms with Gasteiger partial charge < -0.3 is 15.1 Å². The first-order valence-corrected chi connectivity index (χ1v) is 10.4. The van der Waals surface area contributed by atoms with Crippen LogP contribution in [0.1, 0.15) is 6.42 Å². The number of hydrogen-bond donors (Lipinski definition) is 1. The number of anilines is 1. The van der Waals surface area contributed by atoms with E-state index in [0.29, 0.717) is 48.7 Å². The maximum Gasteiger partial charge on any atom is 0.321 e. The van der Waals surface area contributed by atoms with Crippen LogP contribution in [0.4, 0.5) is 10.5 Å². The van der Waals surface area contributed by atoms with E-state index in [2.05, 4.69) is 10.4 Å². The summed E-state index contributed by atoms with van der Waals surface area (Å²) in [6, 6.07) is 13.9. The summed E-state index contributed by atoms with van der Waals surface area (Å²) < 4.78 is 1.19. The lowest BCUT2D eigenvalue weighted by Crippen LogP contribution is -2.41. The average molecular weight is 440 g/mol. The van der Waals surface area contributed by atoms with Crippen LogP contribution in [0.3, 0.4) is 0 Å². The minimum absolute atomic E-state index is 0.127. The molecule has 1 N–H and O–H groups in total. The van der Waals surface area contributed by atoms with Gasteiger partial charge in [0.2, 0.25) is 5.91 Å². The first-order chi connectivity index (χ1) is 15.0. The average Bonchev–Trinajstić information content (AvgIpc) is 3.02. The van der Waals surface area contributed by atoms with E-state index >= 15 is 0 Å². The Kier molecular flexibility index (Phi) is 6.18. The maximum atomic E-state index is 12.8. The Morgan fingerprint density at radius 3 is 2.61 bits per heavy atom. The number of nitrogens with zero attached hydrogens (tertiary/aromatic N) is 4. The number of urea groups is 1. The highest BCUT2D eigenvalue weighted by Gasteiger charge is 2.23. The molecule has 3 aromatic rings. The molecular weight excluding hydrogens is 418 g/mol. The van der Waals surface area contributed by atoms with Crippen LogP contribution < -0.4 is 10.9 Å². The van der Waals surface area contributed by atoms with E-state index in [0.717, 1.165) is 5.39 Å². The SMILES string of the molecule is O=C(Cn1ncc2ccccc2c1=O)N1CCCN(C(=O)Nc2cccc(Cl)c2)CC1. The van der Waals surface area contributed by atoms with Crippen LogP contribution in [0.5, 0.6) is 0 Å². The Morgan fingerprint density at radius 2 is 1.77 bits per heavy atom. The molecule has 1 aromatic heterocycles. The fourth-order valence-corrected chi connectivity index (χ4v) is 3.80. The number of amides is 3. The van der Waals surface area contributed by atoms with E-state index in [1.165, 1.54) is 4.68 Å². The zero-order valence-corrected chi connectivity index (χ0v) is 17.6. The molecule has 1 saturated heterocycles. The molecule has 1 aliphatic rings. The van der Waals surface area contributed by atoms with Crippen molar-refractivity contribution in [1.29, 1.82) is 0 Å². The van der Waals surface area contributed by atoms with Gasteiger partial charge in [-0.3, -0.25) is 9.59 Å². The number of carbonyl (C=O) groups excluding carboxylic acids is 2. The summed E-state index contributed by atoms with van der Waals surface area (Å²) in [4.78, 5) is 41.4. The van der Waals surface area contributed by atoms with Crippen molar-refractivity contribution in [2.75, 3.05) is 31.5 Å². The van der Waals surface area contributed by atoms with Gasteiger partial charge in [-0.25, -0.2) is 9.48 Å². The van der Waals surface area contributed by atoms with Gasteiger partial charge in [-0.15, -0.1) is 0 Å². The topological polar surface area (TPSA) is 87.5 Å². The summed E-state index contributed by atoms with van der Waals surface area (Å²) in [6.45, 7) is 1.72. The lowest BCUT2D eigenvalue weighted by Gasteiger charge is -2.22. The molecule has 160 valence electrons. The van der Waals surface area contributed by atoms with Crippen LogP contribution in [0.15, 0.2) is 59.5 Å². The van der Waals surface area contributed by atoms with Gasteiger partial charge in [0, 0.05) is 42.3 Å². The predicted octanol–water partition coefficient (Wildman–Crippen LogP) is 2.82. The number of benzene rings is 2. The van der Waals surface area contributed by atoms with Crippen LogP contribution >= 0.6 is 11.6 Å². The zero-order chi connectivity index (χ0) is 21.8. The van der Waals surface area contributed by atoms with Gasteiger partial charge in [0.1, 0.15) is 6.54 Å². The normalized spacial score (nSPS) is 14.4. The number of aromatic nitrogens is 2. The summed E-state index contributed by atoms with van der Waals surface area (Å²) in [6.07, 6.45) is 2.24. The Hall–Kier alpha value is -3.39. The van der Waals surface area contributed by atoms with E-state index in [1.54, 1.807) is 52.4 Å². The van der Waals surface area contributed by atoms with Gasteiger partial charge in [0.15, 0.2) is 0 Å². The summed E-state index contributed by atoms with van der Waals surface area (Å²) in [5, 5.41) is 8.79. The third-order valence-electron chi connectivity index (χ3n) is 5.26. The molecule has 0 aliphatic carbocycles. The number of hydrogen-bond acceptors (Lipinski definition) is 4. The van der Waals surface area contributed by atoms with Crippen LogP contribution in [-0.2, 0) is 11.3 Å². The van der Waals surface area contributed by atoms with Crippen LogP contribution in [-0.4, -0.2) is 57.7 Å². The van der Waals surface area contributed by atoms with Crippen molar-refractivity contribution in [3.8, 4) is 0 Å². The molecule has 0 radical (unpaired) electrons. The third-order valence-corrected chi connectivity index (χ3v) is 5.49. The molecule has 0 spiro atoms. The summed E-state index contributed by atoms with van der Waals surface area (Å²) in [5.74, 6) is -0.193. The van der Waals surface area contributed by atoms with Gasteiger partial charge in [-0.05, 0) is 30.7 Å². The highest BCUT2D eigenvalue weighted by molar-refractivity contribution is 6.30. The van der Waals surface area contributed by atoms with Crippen molar-refractivity contribution >= 4 is 40.0 Å². The molecule has 1 fully saturated rings. The minimum atomic E-state index is -0.288. The Bertz CT molecular complexity index is 1180. The third kappa shape index (κ3) is 4.86. The second-order valence-electron chi connectivity index (χ2n) is 7.36. The predicted molar refractivity (Wildman–Crippen MR) is 119 cm³/mol. The fourth-order valence-electron chi connectivity index (χ4n) is 3.61. The van der Waals surface area contributed by atoms with Gasteiger partial charge in [-0.2, -0.15) is 5.10 Å². The van der Waals surface area contributed by atoms with Gasteiger partial charge in [0.25, 0.3) is 5.56 Å². The second kappa shape index (κ2) is 9.18. The number of carbonyl (C=O) groups is 2. The second-order valence-corrected chi connectivity index (χ2v) is 7.79. The molecule has 9 heteroatoms. The van der Waals surface area contributed by atoms with Gasteiger partial charge >= 0.3 is 6.03 Å². The molecule has 0 unspecified atom stereocenters. The molecular formula is C22H22ClN5O3. The number of rotatable bonds is 3. The number of nitrogens with one attached hydrogen (secondary N) is 1.